The van der Waals surface area contributed by atoms with Crippen LogP contribution in [0, 0.1) is 16.0 Å². The first kappa shape index (κ1) is 19.8. The average Bonchev–Trinajstić information content (AvgIpc) is 2.66. The number of nitrogens with zero attached hydrogens (tertiary/aromatic N) is 3. The molecule has 3 rings (SSSR count). The van der Waals surface area contributed by atoms with Gasteiger partial charge in [0.05, 0.1) is 22.8 Å². The molecule has 0 amide bonds. The molecule has 2 heterocycles. The van der Waals surface area contributed by atoms with E-state index >= 15 is 0 Å². The molecule has 0 aliphatic carbocycles. The second-order valence-electron chi connectivity index (χ2n) is 7.11. The van der Waals surface area contributed by atoms with Crippen LogP contribution >= 0.6 is 0 Å². The summed E-state index contributed by atoms with van der Waals surface area (Å²) in [6.07, 6.45) is -1.11. The SMILES string of the molecule is CC(C)CNc1ccc([N+](=O)[O-])c(Nc2ccccc2N2CCNC(F)C2)n1. The molecule has 1 aliphatic rings. The van der Waals surface area contributed by atoms with Crippen molar-refractivity contribution in [2.24, 2.45) is 5.92 Å². The molecule has 1 saturated heterocycles. The number of aromatic nitrogens is 1. The number of nitrogens with one attached hydrogen (secondary N) is 3. The molecule has 28 heavy (non-hydrogen) atoms. The lowest BCUT2D eigenvalue weighted by atomic mass is 10.2. The molecule has 0 bridgehead atoms. The van der Waals surface area contributed by atoms with Gasteiger partial charge in [-0.1, -0.05) is 26.0 Å². The van der Waals surface area contributed by atoms with Crippen molar-refractivity contribution >= 4 is 28.7 Å². The number of alkyl halides is 1. The molecule has 150 valence electrons. The Hall–Kier alpha value is -2.94. The number of pyridine rings is 1. The number of hydrogen-bond donors (Lipinski definition) is 3. The third-order valence-corrected chi connectivity index (χ3v) is 4.39. The first-order chi connectivity index (χ1) is 13.4. The van der Waals surface area contributed by atoms with E-state index in [-0.39, 0.29) is 18.1 Å². The van der Waals surface area contributed by atoms with Crippen LogP contribution in [0.4, 0.5) is 33.1 Å². The van der Waals surface area contributed by atoms with Crippen molar-refractivity contribution in [2.75, 3.05) is 41.7 Å². The van der Waals surface area contributed by atoms with Crippen LogP contribution in [-0.4, -0.2) is 42.4 Å². The Morgan fingerprint density at radius 2 is 2.14 bits per heavy atom. The number of anilines is 4. The van der Waals surface area contributed by atoms with Crippen molar-refractivity contribution in [3.8, 4) is 0 Å². The molecule has 9 heteroatoms. The highest BCUT2D eigenvalue weighted by Crippen LogP contribution is 2.33. The predicted molar refractivity (Wildman–Crippen MR) is 109 cm³/mol. The zero-order chi connectivity index (χ0) is 20.1. The van der Waals surface area contributed by atoms with Crippen molar-refractivity contribution in [1.29, 1.82) is 0 Å². The van der Waals surface area contributed by atoms with E-state index in [0.29, 0.717) is 37.1 Å². The van der Waals surface area contributed by atoms with Crippen LogP contribution in [0.5, 0.6) is 0 Å². The minimum absolute atomic E-state index is 0.117. The quantitative estimate of drug-likeness (QED) is 0.379. The summed E-state index contributed by atoms with van der Waals surface area (Å²) in [5, 5.41) is 20.5. The lowest BCUT2D eigenvalue weighted by molar-refractivity contribution is -0.384. The van der Waals surface area contributed by atoms with Gasteiger partial charge in [0.1, 0.15) is 5.82 Å². The maximum atomic E-state index is 13.8. The highest BCUT2D eigenvalue weighted by atomic mass is 19.1. The van der Waals surface area contributed by atoms with E-state index in [0.717, 1.165) is 5.69 Å². The second-order valence-corrected chi connectivity index (χ2v) is 7.11. The Balaban J connectivity index is 1.90. The van der Waals surface area contributed by atoms with Crippen molar-refractivity contribution in [3.63, 3.8) is 0 Å². The molecule has 1 aromatic heterocycles. The van der Waals surface area contributed by atoms with Gasteiger partial charge in [0.25, 0.3) is 0 Å². The Morgan fingerprint density at radius 1 is 1.36 bits per heavy atom. The van der Waals surface area contributed by atoms with Gasteiger partial charge in [-0.25, -0.2) is 9.37 Å². The summed E-state index contributed by atoms with van der Waals surface area (Å²) in [4.78, 5) is 17.3. The highest BCUT2D eigenvalue weighted by Gasteiger charge is 2.22. The second kappa shape index (κ2) is 8.83. The van der Waals surface area contributed by atoms with E-state index in [2.05, 4.69) is 34.8 Å². The third-order valence-electron chi connectivity index (χ3n) is 4.39. The monoisotopic (exact) mass is 388 g/mol. The van der Waals surface area contributed by atoms with Crippen LogP contribution in [0.3, 0.4) is 0 Å². The summed E-state index contributed by atoms with van der Waals surface area (Å²) >= 11 is 0. The van der Waals surface area contributed by atoms with Crippen LogP contribution in [0.25, 0.3) is 0 Å². The molecule has 1 aromatic carbocycles. The van der Waals surface area contributed by atoms with Crippen molar-refractivity contribution in [3.05, 3.63) is 46.5 Å². The Bertz CT molecular complexity index is 832. The van der Waals surface area contributed by atoms with Gasteiger partial charge in [0, 0.05) is 25.7 Å². The van der Waals surface area contributed by atoms with Crippen LogP contribution in [0.2, 0.25) is 0 Å². The number of halogens is 1. The molecule has 0 radical (unpaired) electrons. The van der Waals surface area contributed by atoms with Gasteiger partial charge in [-0.2, -0.15) is 0 Å². The predicted octanol–water partition coefficient (Wildman–Crippen LogP) is 3.51. The number of piperazine rings is 1. The summed E-state index contributed by atoms with van der Waals surface area (Å²) in [6, 6.07) is 10.4. The van der Waals surface area contributed by atoms with Crippen LogP contribution in [0.15, 0.2) is 36.4 Å². The normalized spacial score (nSPS) is 16.9. The number of benzene rings is 1. The van der Waals surface area contributed by atoms with Gasteiger partial charge < -0.3 is 15.5 Å². The van der Waals surface area contributed by atoms with E-state index in [4.69, 9.17) is 0 Å². The van der Waals surface area contributed by atoms with Crippen LogP contribution in [0.1, 0.15) is 13.8 Å². The molecule has 0 saturated carbocycles. The van der Waals surface area contributed by atoms with Crippen LogP contribution in [-0.2, 0) is 0 Å². The lowest BCUT2D eigenvalue weighted by Gasteiger charge is -2.33. The maximum Gasteiger partial charge on any atom is 0.311 e. The number of rotatable bonds is 7. The van der Waals surface area contributed by atoms with E-state index in [1.54, 1.807) is 6.07 Å². The van der Waals surface area contributed by atoms with Crippen LogP contribution < -0.4 is 20.9 Å². The van der Waals surface area contributed by atoms with Crippen molar-refractivity contribution in [1.82, 2.24) is 10.3 Å². The Kier molecular flexibility index (Phi) is 6.25. The first-order valence-electron chi connectivity index (χ1n) is 9.32. The van der Waals surface area contributed by atoms with E-state index in [1.807, 2.05) is 29.2 Å². The Morgan fingerprint density at radius 3 is 2.86 bits per heavy atom. The van der Waals surface area contributed by atoms with Gasteiger partial charge >= 0.3 is 5.69 Å². The van der Waals surface area contributed by atoms with Gasteiger partial charge in [0.15, 0.2) is 6.30 Å². The fourth-order valence-corrected chi connectivity index (χ4v) is 3.01. The molecule has 8 nitrogen and oxygen atoms in total. The number of para-hydroxylation sites is 2. The number of hydrogen-bond acceptors (Lipinski definition) is 7. The van der Waals surface area contributed by atoms with Gasteiger partial charge in [-0.15, -0.1) is 0 Å². The van der Waals surface area contributed by atoms with Crippen molar-refractivity contribution in [2.45, 2.75) is 20.1 Å². The Labute approximate surface area is 163 Å². The molecular weight excluding hydrogens is 363 g/mol. The maximum absolute atomic E-state index is 13.8. The van der Waals surface area contributed by atoms with Gasteiger partial charge in [0.2, 0.25) is 5.82 Å². The third kappa shape index (κ3) is 4.86. The van der Waals surface area contributed by atoms with E-state index in [1.165, 1.54) is 6.07 Å². The minimum atomic E-state index is -1.11. The summed E-state index contributed by atoms with van der Waals surface area (Å²) < 4.78 is 13.8. The standard InChI is InChI=1S/C19H25FN6O2/c1-13(2)11-22-18-8-7-16(26(27)28)19(24-18)23-14-5-3-4-6-15(14)25-10-9-21-17(20)12-25/h3-8,13,17,21H,9-12H2,1-2H3,(H2,22,23,24). The molecule has 1 unspecified atom stereocenters. The van der Waals surface area contributed by atoms with E-state index < -0.39 is 11.2 Å². The number of nitro groups is 1. The molecule has 2 aromatic rings. The average molecular weight is 388 g/mol. The summed E-state index contributed by atoms with van der Waals surface area (Å²) in [5.41, 5.74) is 1.31. The smallest absolute Gasteiger partial charge is 0.311 e. The van der Waals surface area contributed by atoms with Crippen molar-refractivity contribution < 1.29 is 9.31 Å². The molecular formula is C19H25FN6O2. The minimum Gasteiger partial charge on any atom is -0.370 e. The largest absolute Gasteiger partial charge is 0.370 e. The highest BCUT2D eigenvalue weighted by molar-refractivity contribution is 5.77. The molecule has 3 N–H and O–H groups in total. The zero-order valence-electron chi connectivity index (χ0n) is 16.0. The summed E-state index contributed by atoms with van der Waals surface area (Å²) in [6.45, 7) is 6.23. The topological polar surface area (TPSA) is 95.4 Å². The molecule has 0 spiro atoms. The zero-order valence-corrected chi connectivity index (χ0v) is 16.0. The fourth-order valence-electron chi connectivity index (χ4n) is 3.01. The van der Waals surface area contributed by atoms with Gasteiger partial charge in [-0.05, 0) is 24.1 Å². The molecule has 1 fully saturated rings. The summed E-state index contributed by atoms with van der Waals surface area (Å²) in [5.74, 6) is 1.12. The molecule has 1 aliphatic heterocycles. The van der Waals surface area contributed by atoms with Gasteiger partial charge in [-0.3, -0.25) is 15.4 Å². The first-order valence-corrected chi connectivity index (χ1v) is 9.32. The van der Waals surface area contributed by atoms with E-state index in [9.17, 15) is 14.5 Å². The summed E-state index contributed by atoms with van der Waals surface area (Å²) in [7, 11) is 0. The molecule has 1 atom stereocenters. The fraction of sp³-hybridized carbons (Fsp3) is 0.421. The lowest BCUT2D eigenvalue weighted by Crippen LogP contribution is -2.48.